The van der Waals surface area contributed by atoms with Crippen LogP contribution in [0, 0.1) is 10.1 Å². The zero-order valence-electron chi connectivity index (χ0n) is 5.00. The summed E-state index contributed by atoms with van der Waals surface area (Å²) in [7, 11) is 1.74. The Labute approximate surface area is 52.1 Å². The van der Waals surface area contributed by atoms with Gasteiger partial charge in [0.1, 0.15) is 0 Å². The van der Waals surface area contributed by atoms with Crippen molar-refractivity contribution in [3.05, 3.63) is 22.0 Å². The van der Waals surface area contributed by atoms with Gasteiger partial charge in [0.25, 0.3) is 0 Å². The number of hydrogen-bond acceptors (Lipinski definition) is 4. The topological polar surface area (TPSA) is 58.4 Å². The number of hydrazine groups is 1. The van der Waals surface area contributed by atoms with Crippen molar-refractivity contribution in [3.63, 3.8) is 0 Å². The van der Waals surface area contributed by atoms with Crippen molar-refractivity contribution in [1.29, 1.82) is 0 Å². The van der Waals surface area contributed by atoms with Gasteiger partial charge in [-0.3, -0.25) is 0 Å². The fraction of sp³-hybridized carbons (Fsp3) is 0.500. The summed E-state index contributed by atoms with van der Waals surface area (Å²) < 4.78 is 0. The van der Waals surface area contributed by atoms with Crippen LogP contribution in [0.15, 0.2) is 11.9 Å². The first-order valence-electron chi connectivity index (χ1n) is 2.52. The number of nitrogens with zero attached hydrogens (tertiary/aromatic N) is 2. The van der Waals surface area contributed by atoms with E-state index in [2.05, 4.69) is 5.43 Å². The molecule has 1 aliphatic rings. The van der Waals surface area contributed by atoms with Crippen molar-refractivity contribution in [2.24, 2.45) is 0 Å². The highest BCUT2D eigenvalue weighted by atomic mass is 16.6. The molecule has 1 N–H and O–H groups in total. The minimum atomic E-state index is -0.441. The first kappa shape index (κ1) is 6.03. The SMILES string of the molecule is CN1CC=C([N+](=O)[O-])N1. The third kappa shape index (κ3) is 1.17. The third-order valence-corrected chi connectivity index (χ3v) is 1.06. The van der Waals surface area contributed by atoms with Gasteiger partial charge in [-0.25, -0.2) is 0 Å². The number of nitrogens with one attached hydrogen (secondary N) is 1. The van der Waals surface area contributed by atoms with Gasteiger partial charge in [-0.2, -0.15) is 10.4 Å². The molecule has 0 bridgehead atoms. The molecule has 1 heterocycles. The van der Waals surface area contributed by atoms with Gasteiger partial charge < -0.3 is 10.1 Å². The van der Waals surface area contributed by atoms with Gasteiger partial charge in [-0.15, -0.1) is 0 Å². The second kappa shape index (κ2) is 2.02. The number of rotatable bonds is 1. The Kier molecular flexibility index (Phi) is 1.35. The summed E-state index contributed by atoms with van der Waals surface area (Å²) >= 11 is 0. The smallest absolute Gasteiger partial charge is 0.331 e. The molecule has 5 heteroatoms. The highest BCUT2D eigenvalue weighted by Crippen LogP contribution is 1.98. The number of hydrogen-bond donors (Lipinski definition) is 1. The highest BCUT2D eigenvalue weighted by molar-refractivity contribution is 4.95. The van der Waals surface area contributed by atoms with Gasteiger partial charge in [0.2, 0.25) is 0 Å². The molecule has 0 amide bonds. The standard InChI is InChI=1S/C4H7N3O2/c1-6-3-2-4(5-6)7(8)9/h2,5H,3H2,1H3. The van der Waals surface area contributed by atoms with E-state index in [1.165, 1.54) is 6.08 Å². The van der Waals surface area contributed by atoms with Crippen LogP contribution >= 0.6 is 0 Å². The Bertz CT molecular complexity index is 165. The van der Waals surface area contributed by atoms with Gasteiger partial charge in [0.15, 0.2) is 0 Å². The summed E-state index contributed by atoms with van der Waals surface area (Å²) in [5.41, 5.74) is 2.55. The molecule has 0 saturated carbocycles. The van der Waals surface area contributed by atoms with Crippen LogP contribution in [0.25, 0.3) is 0 Å². The molecule has 9 heavy (non-hydrogen) atoms. The van der Waals surface area contributed by atoms with E-state index in [9.17, 15) is 10.1 Å². The summed E-state index contributed by atoms with van der Waals surface area (Å²) in [6.45, 7) is 0.594. The molecule has 0 aromatic carbocycles. The van der Waals surface area contributed by atoms with Crippen LogP contribution in [-0.4, -0.2) is 23.5 Å². The zero-order chi connectivity index (χ0) is 6.85. The van der Waals surface area contributed by atoms with Crippen molar-refractivity contribution >= 4 is 0 Å². The Hall–Kier alpha value is -1.10. The molecule has 5 nitrogen and oxygen atoms in total. The monoisotopic (exact) mass is 129 g/mol. The van der Waals surface area contributed by atoms with E-state index in [1.54, 1.807) is 12.1 Å². The summed E-state index contributed by atoms with van der Waals surface area (Å²) in [4.78, 5) is 9.55. The fourth-order valence-electron chi connectivity index (χ4n) is 0.626. The average molecular weight is 129 g/mol. The van der Waals surface area contributed by atoms with Crippen molar-refractivity contribution < 1.29 is 4.92 Å². The van der Waals surface area contributed by atoms with E-state index in [0.717, 1.165) is 0 Å². The molecule has 0 fully saturated rings. The molecule has 0 radical (unpaired) electrons. The van der Waals surface area contributed by atoms with Crippen molar-refractivity contribution in [3.8, 4) is 0 Å². The van der Waals surface area contributed by atoms with Gasteiger partial charge in [-0.1, -0.05) is 0 Å². The lowest BCUT2D eigenvalue weighted by atomic mass is 10.6. The molecule has 0 atom stereocenters. The molecule has 0 aromatic heterocycles. The van der Waals surface area contributed by atoms with Crippen molar-refractivity contribution in [1.82, 2.24) is 10.4 Å². The Morgan fingerprint density at radius 1 is 2.00 bits per heavy atom. The molecule has 0 aliphatic carbocycles. The lowest BCUT2D eigenvalue weighted by Gasteiger charge is -2.01. The van der Waals surface area contributed by atoms with E-state index in [-0.39, 0.29) is 5.82 Å². The van der Waals surface area contributed by atoms with Crippen molar-refractivity contribution in [2.75, 3.05) is 13.6 Å². The van der Waals surface area contributed by atoms with Gasteiger partial charge in [0, 0.05) is 13.1 Å². The van der Waals surface area contributed by atoms with E-state index in [0.29, 0.717) is 6.54 Å². The van der Waals surface area contributed by atoms with E-state index in [4.69, 9.17) is 0 Å². The summed E-state index contributed by atoms with van der Waals surface area (Å²) in [6, 6.07) is 0. The first-order chi connectivity index (χ1) is 4.20. The second-order valence-corrected chi connectivity index (χ2v) is 1.84. The quantitative estimate of drug-likeness (QED) is 0.385. The predicted molar refractivity (Wildman–Crippen MR) is 30.8 cm³/mol. The maximum Gasteiger partial charge on any atom is 0.331 e. The molecule has 0 aromatic rings. The van der Waals surface area contributed by atoms with Crippen molar-refractivity contribution in [2.45, 2.75) is 0 Å². The molecule has 1 aliphatic heterocycles. The van der Waals surface area contributed by atoms with Crippen LogP contribution in [0.1, 0.15) is 0 Å². The Morgan fingerprint density at radius 3 is 2.89 bits per heavy atom. The first-order valence-corrected chi connectivity index (χ1v) is 2.52. The fourth-order valence-corrected chi connectivity index (χ4v) is 0.626. The molecule has 50 valence electrons. The summed E-state index contributed by atoms with van der Waals surface area (Å²) in [6.07, 6.45) is 1.53. The Morgan fingerprint density at radius 2 is 2.67 bits per heavy atom. The van der Waals surface area contributed by atoms with Crippen LogP contribution in [0.4, 0.5) is 0 Å². The number of likely N-dealkylation sites (N-methyl/N-ethyl adjacent to an activating group) is 1. The number of nitro groups is 1. The average Bonchev–Trinajstić information content (AvgIpc) is 2.14. The van der Waals surface area contributed by atoms with Crippen LogP contribution < -0.4 is 5.43 Å². The lowest BCUT2D eigenvalue weighted by molar-refractivity contribution is -0.433. The predicted octanol–water partition coefficient (Wildman–Crippen LogP) is -0.445. The van der Waals surface area contributed by atoms with Crippen LogP contribution in [0.5, 0.6) is 0 Å². The zero-order valence-corrected chi connectivity index (χ0v) is 5.00. The van der Waals surface area contributed by atoms with Gasteiger partial charge in [0.05, 0.1) is 6.54 Å². The molecular weight excluding hydrogens is 122 g/mol. The molecule has 0 saturated heterocycles. The van der Waals surface area contributed by atoms with E-state index < -0.39 is 4.92 Å². The maximum atomic E-state index is 10.00. The van der Waals surface area contributed by atoms with E-state index in [1.807, 2.05) is 0 Å². The minimum Gasteiger partial charge on any atom is -0.358 e. The molecule has 0 spiro atoms. The molecule has 1 rings (SSSR count). The van der Waals surface area contributed by atoms with Crippen LogP contribution in [0.2, 0.25) is 0 Å². The normalized spacial score (nSPS) is 19.0. The second-order valence-electron chi connectivity index (χ2n) is 1.84. The summed E-state index contributed by atoms with van der Waals surface area (Å²) in [5, 5.41) is 11.6. The van der Waals surface area contributed by atoms with E-state index >= 15 is 0 Å². The highest BCUT2D eigenvalue weighted by Gasteiger charge is 2.17. The Balaban J connectivity index is 2.55. The van der Waals surface area contributed by atoms with Crippen LogP contribution in [0.3, 0.4) is 0 Å². The summed E-state index contributed by atoms with van der Waals surface area (Å²) in [5.74, 6) is 0.0671. The molecule has 0 unspecified atom stereocenters. The largest absolute Gasteiger partial charge is 0.358 e. The van der Waals surface area contributed by atoms with Crippen LogP contribution in [-0.2, 0) is 0 Å². The lowest BCUT2D eigenvalue weighted by Crippen LogP contribution is -2.29. The minimum absolute atomic E-state index is 0.0671. The third-order valence-electron chi connectivity index (χ3n) is 1.06. The maximum absolute atomic E-state index is 10.00. The molecular formula is C4H7N3O2. The van der Waals surface area contributed by atoms with Gasteiger partial charge in [-0.05, 0) is 4.92 Å². The van der Waals surface area contributed by atoms with Gasteiger partial charge >= 0.3 is 5.82 Å².